The number of likely N-dealkylation sites (tertiary alicyclic amines) is 1. The van der Waals surface area contributed by atoms with Crippen molar-refractivity contribution in [1.82, 2.24) is 20.3 Å². The maximum atomic E-state index is 5.38. The molecule has 6 heteroatoms. The second-order valence-corrected chi connectivity index (χ2v) is 7.06. The zero-order valence-electron chi connectivity index (χ0n) is 13.4. The first-order chi connectivity index (χ1) is 11.2. The highest BCUT2D eigenvalue weighted by Gasteiger charge is 2.31. The summed E-state index contributed by atoms with van der Waals surface area (Å²) >= 11 is 1.74. The lowest BCUT2D eigenvalue weighted by molar-refractivity contribution is 0.246. The number of aryl methyl sites for hydroxylation is 2. The molecule has 3 aromatic heterocycles. The van der Waals surface area contributed by atoms with Crippen LogP contribution in [0.4, 0.5) is 0 Å². The number of nitrogens with one attached hydrogen (secondary N) is 1. The Bertz CT molecular complexity index is 770. The predicted octanol–water partition coefficient (Wildman–Crippen LogP) is 4.08. The molecular formula is C17H20N4OS. The van der Waals surface area contributed by atoms with Gasteiger partial charge in [0.2, 0.25) is 0 Å². The van der Waals surface area contributed by atoms with Crippen LogP contribution in [-0.4, -0.2) is 26.8 Å². The molecular weight excluding hydrogens is 308 g/mol. The molecule has 0 bridgehead atoms. The van der Waals surface area contributed by atoms with Gasteiger partial charge in [-0.15, -0.1) is 11.3 Å². The van der Waals surface area contributed by atoms with Gasteiger partial charge in [0.15, 0.2) is 0 Å². The Labute approximate surface area is 139 Å². The molecule has 1 fully saturated rings. The molecule has 0 saturated carbocycles. The minimum Gasteiger partial charge on any atom is -0.361 e. The van der Waals surface area contributed by atoms with Crippen LogP contribution in [0.5, 0.6) is 0 Å². The topological polar surface area (TPSA) is 58.0 Å². The van der Waals surface area contributed by atoms with Gasteiger partial charge < -0.3 is 4.52 Å². The van der Waals surface area contributed by atoms with Crippen molar-refractivity contribution < 1.29 is 4.52 Å². The summed E-state index contributed by atoms with van der Waals surface area (Å²) in [5, 5.41) is 13.7. The number of hydrogen-bond acceptors (Lipinski definition) is 5. The molecule has 1 aliphatic rings. The first-order valence-electron chi connectivity index (χ1n) is 7.97. The lowest BCUT2D eigenvalue weighted by Gasteiger charge is -2.24. The number of H-pyrrole nitrogens is 1. The van der Waals surface area contributed by atoms with Crippen molar-refractivity contribution in [3.05, 3.63) is 46.3 Å². The normalized spacial score (nSPS) is 18.8. The van der Waals surface area contributed by atoms with E-state index in [0.29, 0.717) is 6.04 Å². The fourth-order valence-electron chi connectivity index (χ4n) is 3.59. The molecule has 0 radical (unpaired) electrons. The number of rotatable bonds is 4. The summed E-state index contributed by atoms with van der Waals surface area (Å²) in [6.07, 6.45) is 4.33. The number of thiophene rings is 1. The van der Waals surface area contributed by atoms with Crippen LogP contribution in [0.15, 0.2) is 28.2 Å². The van der Waals surface area contributed by atoms with Gasteiger partial charge in [-0.1, -0.05) is 11.2 Å². The zero-order chi connectivity index (χ0) is 15.8. The van der Waals surface area contributed by atoms with E-state index < -0.39 is 0 Å². The average Bonchev–Trinajstić information content (AvgIpc) is 3.29. The standard InChI is InChI=1S/C17H20N4OS/c1-11-16(12(2)22-20-11)14-5-3-7-21(14)10-13-9-18-19-17(13)15-6-4-8-23-15/h4,6,8-9,14H,3,5,7,10H2,1-2H3,(H,18,19). The van der Waals surface area contributed by atoms with Gasteiger partial charge in [-0.3, -0.25) is 10.00 Å². The third-order valence-electron chi connectivity index (χ3n) is 4.64. The Hall–Kier alpha value is -1.92. The van der Waals surface area contributed by atoms with Crippen LogP contribution in [-0.2, 0) is 6.54 Å². The van der Waals surface area contributed by atoms with Gasteiger partial charge in [0.1, 0.15) is 5.76 Å². The van der Waals surface area contributed by atoms with E-state index in [2.05, 4.69) is 37.8 Å². The minimum absolute atomic E-state index is 0.396. The van der Waals surface area contributed by atoms with Gasteiger partial charge in [0.25, 0.3) is 0 Å². The van der Waals surface area contributed by atoms with Gasteiger partial charge in [0.05, 0.1) is 22.5 Å². The molecule has 0 aromatic carbocycles. The van der Waals surface area contributed by atoms with Crippen LogP contribution in [0.25, 0.3) is 10.6 Å². The first-order valence-corrected chi connectivity index (χ1v) is 8.85. The monoisotopic (exact) mass is 328 g/mol. The Morgan fingerprint density at radius 2 is 2.35 bits per heavy atom. The molecule has 120 valence electrons. The van der Waals surface area contributed by atoms with Crippen molar-refractivity contribution in [3.63, 3.8) is 0 Å². The summed E-state index contributed by atoms with van der Waals surface area (Å²) in [6, 6.07) is 4.61. The van der Waals surface area contributed by atoms with Crippen LogP contribution >= 0.6 is 11.3 Å². The van der Waals surface area contributed by atoms with E-state index in [1.54, 1.807) is 11.3 Å². The van der Waals surface area contributed by atoms with Crippen LogP contribution in [0.1, 0.15) is 41.5 Å². The van der Waals surface area contributed by atoms with Crippen LogP contribution in [0.2, 0.25) is 0 Å². The second kappa shape index (κ2) is 5.94. The van der Waals surface area contributed by atoms with E-state index in [1.165, 1.54) is 22.4 Å². The molecule has 3 aromatic rings. The Morgan fingerprint density at radius 1 is 1.43 bits per heavy atom. The van der Waals surface area contributed by atoms with Gasteiger partial charge >= 0.3 is 0 Å². The van der Waals surface area contributed by atoms with Gasteiger partial charge in [-0.2, -0.15) is 5.10 Å². The average molecular weight is 328 g/mol. The summed E-state index contributed by atoms with van der Waals surface area (Å²) < 4.78 is 5.38. The van der Waals surface area contributed by atoms with Crippen molar-refractivity contribution in [2.75, 3.05) is 6.54 Å². The quantitative estimate of drug-likeness (QED) is 0.784. The van der Waals surface area contributed by atoms with Crippen LogP contribution in [0.3, 0.4) is 0 Å². The first kappa shape index (κ1) is 14.7. The molecule has 0 amide bonds. The summed E-state index contributed by atoms with van der Waals surface area (Å²) in [7, 11) is 0. The number of nitrogens with zero attached hydrogens (tertiary/aromatic N) is 3. The maximum absolute atomic E-state index is 5.38. The largest absolute Gasteiger partial charge is 0.361 e. The predicted molar refractivity (Wildman–Crippen MR) is 90.3 cm³/mol. The second-order valence-electron chi connectivity index (χ2n) is 6.11. The molecule has 0 aliphatic carbocycles. The van der Waals surface area contributed by atoms with E-state index in [0.717, 1.165) is 36.7 Å². The summed E-state index contributed by atoms with van der Waals surface area (Å²) in [4.78, 5) is 3.76. The molecule has 1 atom stereocenters. The molecule has 4 heterocycles. The van der Waals surface area contributed by atoms with E-state index in [4.69, 9.17) is 4.52 Å². The Balaban J connectivity index is 1.61. The Kier molecular flexibility index (Phi) is 3.79. The summed E-state index contributed by atoms with van der Waals surface area (Å²) in [5.74, 6) is 0.949. The number of aromatic amines is 1. The molecule has 1 unspecified atom stereocenters. The smallest absolute Gasteiger partial charge is 0.138 e. The van der Waals surface area contributed by atoms with E-state index >= 15 is 0 Å². The van der Waals surface area contributed by atoms with Crippen molar-refractivity contribution in [2.45, 2.75) is 39.3 Å². The highest BCUT2D eigenvalue weighted by Crippen LogP contribution is 2.37. The van der Waals surface area contributed by atoms with Crippen molar-refractivity contribution >= 4 is 11.3 Å². The summed E-state index contributed by atoms with van der Waals surface area (Å²) in [6.45, 7) is 6.06. The van der Waals surface area contributed by atoms with E-state index in [1.807, 2.05) is 20.0 Å². The fourth-order valence-corrected chi connectivity index (χ4v) is 4.35. The van der Waals surface area contributed by atoms with Crippen LogP contribution < -0.4 is 0 Å². The molecule has 1 aliphatic heterocycles. The van der Waals surface area contributed by atoms with Gasteiger partial charge in [-0.25, -0.2) is 0 Å². The number of aromatic nitrogens is 3. The maximum Gasteiger partial charge on any atom is 0.138 e. The van der Waals surface area contributed by atoms with Gasteiger partial charge in [-0.05, 0) is 44.7 Å². The molecule has 0 spiro atoms. The van der Waals surface area contributed by atoms with E-state index in [9.17, 15) is 0 Å². The van der Waals surface area contributed by atoms with Gasteiger partial charge in [0, 0.05) is 23.7 Å². The molecule has 4 rings (SSSR count). The highest BCUT2D eigenvalue weighted by atomic mass is 32.1. The highest BCUT2D eigenvalue weighted by molar-refractivity contribution is 7.13. The third kappa shape index (κ3) is 2.62. The van der Waals surface area contributed by atoms with Crippen LogP contribution in [0, 0.1) is 13.8 Å². The molecule has 1 N–H and O–H groups in total. The molecule has 1 saturated heterocycles. The molecule has 5 nitrogen and oxygen atoms in total. The van der Waals surface area contributed by atoms with Crippen molar-refractivity contribution in [2.24, 2.45) is 0 Å². The number of hydrogen-bond donors (Lipinski definition) is 1. The fraction of sp³-hybridized carbons (Fsp3) is 0.412. The molecule has 23 heavy (non-hydrogen) atoms. The van der Waals surface area contributed by atoms with Crippen molar-refractivity contribution in [1.29, 1.82) is 0 Å². The van der Waals surface area contributed by atoms with E-state index in [-0.39, 0.29) is 0 Å². The van der Waals surface area contributed by atoms with Crippen molar-refractivity contribution in [3.8, 4) is 10.6 Å². The SMILES string of the molecule is Cc1noc(C)c1C1CCCN1Cc1cn[nH]c1-c1cccs1. The zero-order valence-corrected chi connectivity index (χ0v) is 14.2. The minimum atomic E-state index is 0.396. The summed E-state index contributed by atoms with van der Waals surface area (Å²) in [5.41, 5.74) is 4.68. The lowest BCUT2D eigenvalue weighted by Crippen LogP contribution is -2.23. The third-order valence-corrected chi connectivity index (χ3v) is 5.53. The lowest BCUT2D eigenvalue weighted by atomic mass is 10.0. The Morgan fingerprint density at radius 3 is 3.09 bits per heavy atom.